The van der Waals surface area contributed by atoms with Gasteiger partial charge in [0.15, 0.2) is 17.0 Å². The van der Waals surface area contributed by atoms with Crippen LogP contribution in [0.5, 0.6) is 0 Å². The van der Waals surface area contributed by atoms with E-state index in [0.29, 0.717) is 38.3 Å². The lowest BCUT2D eigenvalue weighted by Gasteiger charge is -2.38. The molecule has 0 aromatic carbocycles. The minimum Gasteiger partial charge on any atom is -0.385 e. The molecule has 23 heavy (non-hydrogen) atoms. The molecule has 3 rings (SSSR count). The van der Waals surface area contributed by atoms with Crippen LogP contribution in [0.4, 0.5) is 5.82 Å². The lowest BCUT2D eigenvalue weighted by atomic mass is 9.99. The summed E-state index contributed by atoms with van der Waals surface area (Å²) >= 11 is 0. The van der Waals surface area contributed by atoms with E-state index in [4.69, 9.17) is 4.74 Å². The van der Waals surface area contributed by atoms with Crippen molar-refractivity contribution >= 4 is 22.9 Å². The number of anilines is 1. The first-order valence-corrected chi connectivity index (χ1v) is 7.80. The van der Waals surface area contributed by atoms with E-state index in [9.17, 15) is 4.79 Å². The molecule has 0 saturated carbocycles. The van der Waals surface area contributed by atoms with Crippen LogP contribution in [0.15, 0.2) is 6.33 Å². The number of hydrogen-bond donors (Lipinski definition) is 1. The van der Waals surface area contributed by atoms with Crippen molar-refractivity contribution < 1.29 is 9.53 Å². The number of carbonyl (C=O) groups is 1. The van der Waals surface area contributed by atoms with Crippen LogP contribution >= 0.6 is 0 Å². The maximum absolute atomic E-state index is 12.0. The third-order valence-electron chi connectivity index (χ3n) is 3.96. The van der Waals surface area contributed by atoms with Crippen LogP contribution in [-0.2, 0) is 16.1 Å². The molecule has 0 unspecified atom stereocenters. The Morgan fingerprint density at radius 2 is 2.26 bits per heavy atom. The monoisotopic (exact) mass is 319 g/mol. The summed E-state index contributed by atoms with van der Waals surface area (Å²) in [5.41, 5.74) is 1.42. The Labute approximate surface area is 134 Å². The van der Waals surface area contributed by atoms with Gasteiger partial charge in [-0.05, 0) is 13.3 Å². The number of methoxy groups -OCH3 is 1. The minimum absolute atomic E-state index is 0.0104. The Morgan fingerprint density at radius 1 is 1.43 bits per heavy atom. The predicted molar refractivity (Wildman–Crippen MR) is 84.0 cm³/mol. The molecule has 1 aliphatic heterocycles. The Kier molecular flexibility index (Phi) is 4.65. The maximum Gasteiger partial charge on any atom is 0.226 e. The van der Waals surface area contributed by atoms with Gasteiger partial charge in [0.05, 0.1) is 5.92 Å². The lowest BCUT2D eigenvalue weighted by Crippen LogP contribution is -2.54. The largest absolute Gasteiger partial charge is 0.385 e. The number of rotatable bonds is 7. The van der Waals surface area contributed by atoms with Gasteiger partial charge in [0.25, 0.3) is 0 Å². The molecule has 9 heteroatoms. The van der Waals surface area contributed by atoms with Gasteiger partial charge in [0, 0.05) is 39.9 Å². The van der Waals surface area contributed by atoms with Gasteiger partial charge in [-0.3, -0.25) is 4.79 Å². The van der Waals surface area contributed by atoms with Crippen LogP contribution in [0.25, 0.3) is 11.2 Å². The predicted octanol–water partition coefficient (Wildman–Crippen LogP) is -0.170. The summed E-state index contributed by atoms with van der Waals surface area (Å²) in [5, 5.41) is 11.2. The molecule has 0 aliphatic carbocycles. The Bertz CT molecular complexity index is 681. The first-order chi connectivity index (χ1) is 11.2. The summed E-state index contributed by atoms with van der Waals surface area (Å²) in [5.74, 6) is 0.821. The van der Waals surface area contributed by atoms with Crippen molar-refractivity contribution in [1.29, 1.82) is 0 Å². The summed E-state index contributed by atoms with van der Waals surface area (Å²) in [6.07, 6.45) is 2.34. The lowest BCUT2D eigenvalue weighted by molar-refractivity contribution is -0.125. The average Bonchev–Trinajstić information content (AvgIpc) is 2.94. The molecule has 9 nitrogen and oxygen atoms in total. The average molecular weight is 319 g/mol. The zero-order valence-electron chi connectivity index (χ0n) is 13.4. The van der Waals surface area contributed by atoms with Gasteiger partial charge < -0.3 is 15.0 Å². The Morgan fingerprint density at radius 3 is 3.00 bits per heavy atom. The van der Waals surface area contributed by atoms with Crippen LogP contribution in [0.1, 0.15) is 13.3 Å². The molecule has 1 aliphatic rings. The van der Waals surface area contributed by atoms with Gasteiger partial charge >= 0.3 is 0 Å². The maximum atomic E-state index is 12.0. The summed E-state index contributed by atoms with van der Waals surface area (Å²) in [6.45, 7) is 5.28. The normalized spacial score (nSPS) is 15.0. The van der Waals surface area contributed by atoms with E-state index in [1.54, 1.807) is 11.8 Å². The molecular weight excluding hydrogens is 298 g/mol. The number of carbonyl (C=O) groups excluding carboxylic acids is 1. The third kappa shape index (κ3) is 3.09. The molecule has 124 valence electrons. The van der Waals surface area contributed by atoms with Crippen molar-refractivity contribution in [3.63, 3.8) is 0 Å². The molecule has 0 bridgehead atoms. The SMILES string of the molecule is CCn1nnc2c(N3CC(C(=O)NCCCOC)C3)ncnc21. The zero-order chi connectivity index (χ0) is 16.2. The molecule has 1 N–H and O–H groups in total. The van der Waals surface area contributed by atoms with Gasteiger partial charge in [-0.15, -0.1) is 5.10 Å². The summed E-state index contributed by atoms with van der Waals surface area (Å²) < 4.78 is 6.70. The number of fused-ring (bicyclic) bond motifs is 1. The van der Waals surface area contributed by atoms with Crippen LogP contribution in [-0.4, -0.2) is 64.2 Å². The number of nitrogens with zero attached hydrogens (tertiary/aromatic N) is 6. The van der Waals surface area contributed by atoms with E-state index in [2.05, 4.69) is 25.6 Å². The van der Waals surface area contributed by atoms with Crippen molar-refractivity contribution in [2.75, 3.05) is 38.3 Å². The second-order valence-corrected chi connectivity index (χ2v) is 5.51. The Hall–Kier alpha value is -2.29. The van der Waals surface area contributed by atoms with E-state index >= 15 is 0 Å². The number of amides is 1. The van der Waals surface area contributed by atoms with E-state index in [1.165, 1.54) is 6.33 Å². The highest BCUT2D eigenvalue weighted by Gasteiger charge is 2.34. The highest BCUT2D eigenvalue weighted by molar-refractivity contribution is 5.86. The van der Waals surface area contributed by atoms with E-state index < -0.39 is 0 Å². The topological polar surface area (TPSA) is 98.1 Å². The van der Waals surface area contributed by atoms with Crippen LogP contribution < -0.4 is 10.2 Å². The fourth-order valence-electron chi connectivity index (χ4n) is 2.61. The summed E-state index contributed by atoms with van der Waals surface area (Å²) in [4.78, 5) is 22.6. The number of aromatic nitrogens is 5. The molecule has 3 heterocycles. The van der Waals surface area contributed by atoms with E-state index in [0.717, 1.165) is 17.9 Å². The third-order valence-corrected chi connectivity index (χ3v) is 3.96. The first-order valence-electron chi connectivity index (χ1n) is 7.80. The highest BCUT2D eigenvalue weighted by atomic mass is 16.5. The van der Waals surface area contributed by atoms with Crippen LogP contribution in [0.3, 0.4) is 0 Å². The number of nitrogens with one attached hydrogen (secondary N) is 1. The summed E-state index contributed by atoms with van der Waals surface area (Å²) in [6, 6.07) is 0. The minimum atomic E-state index is -0.0104. The number of hydrogen-bond acceptors (Lipinski definition) is 7. The van der Waals surface area contributed by atoms with Gasteiger partial charge in [-0.2, -0.15) is 0 Å². The second kappa shape index (κ2) is 6.86. The fourth-order valence-corrected chi connectivity index (χ4v) is 2.61. The Balaban J connectivity index is 1.59. The van der Waals surface area contributed by atoms with E-state index in [1.807, 2.05) is 11.8 Å². The smallest absolute Gasteiger partial charge is 0.226 e. The second-order valence-electron chi connectivity index (χ2n) is 5.51. The molecule has 2 aromatic heterocycles. The molecule has 1 saturated heterocycles. The van der Waals surface area contributed by atoms with Crippen molar-refractivity contribution in [2.24, 2.45) is 5.92 Å². The van der Waals surface area contributed by atoms with Gasteiger partial charge in [-0.25, -0.2) is 14.6 Å². The van der Waals surface area contributed by atoms with Crippen molar-refractivity contribution in [3.8, 4) is 0 Å². The molecule has 1 amide bonds. The fraction of sp³-hybridized carbons (Fsp3) is 0.643. The van der Waals surface area contributed by atoms with Gasteiger partial charge in [0.1, 0.15) is 6.33 Å². The van der Waals surface area contributed by atoms with Crippen molar-refractivity contribution in [2.45, 2.75) is 19.9 Å². The summed E-state index contributed by atoms with van der Waals surface area (Å²) in [7, 11) is 1.66. The van der Waals surface area contributed by atoms with Crippen LogP contribution in [0.2, 0.25) is 0 Å². The van der Waals surface area contributed by atoms with Crippen molar-refractivity contribution in [1.82, 2.24) is 30.3 Å². The zero-order valence-corrected chi connectivity index (χ0v) is 13.4. The highest BCUT2D eigenvalue weighted by Crippen LogP contribution is 2.27. The number of aryl methyl sites for hydroxylation is 1. The molecule has 0 atom stereocenters. The van der Waals surface area contributed by atoms with Crippen molar-refractivity contribution in [3.05, 3.63) is 6.33 Å². The van der Waals surface area contributed by atoms with Gasteiger partial charge in [-0.1, -0.05) is 5.21 Å². The quantitative estimate of drug-likeness (QED) is 0.707. The molecule has 0 spiro atoms. The molecule has 2 aromatic rings. The van der Waals surface area contributed by atoms with Crippen LogP contribution in [0, 0.1) is 5.92 Å². The first kappa shape index (κ1) is 15.6. The standard InChI is InChI=1S/C14H21N7O2/c1-3-21-13-11(18-19-21)12(16-9-17-13)20-7-10(8-20)14(22)15-5-4-6-23-2/h9-10H,3-8H2,1-2H3,(H,15,22). The molecule has 0 radical (unpaired) electrons. The number of ether oxygens (including phenoxy) is 1. The molecular formula is C14H21N7O2. The van der Waals surface area contributed by atoms with Gasteiger partial charge in [0.2, 0.25) is 5.91 Å². The molecule has 1 fully saturated rings. The van der Waals surface area contributed by atoms with E-state index in [-0.39, 0.29) is 11.8 Å².